The molecular formula is C17H14N2O3S. The molecule has 3 N–H and O–H groups in total. The number of carboxylic acid groups (broad SMARTS) is 1. The van der Waals surface area contributed by atoms with Crippen molar-refractivity contribution in [2.75, 3.05) is 5.73 Å². The standard InChI is InChI=1S/C17H14N2O3S/c18-17-19-15(10-23-17)12-4-6-14(7-5-12)22-9-11-2-1-3-13(8-11)16(20)21/h1-8,10H,9H2,(H2,18,19)(H,20,21). The van der Waals surface area contributed by atoms with Crippen LogP contribution in [-0.2, 0) is 6.61 Å². The van der Waals surface area contributed by atoms with Crippen molar-refractivity contribution in [1.29, 1.82) is 0 Å². The third-order valence-corrected chi connectivity index (χ3v) is 3.93. The molecule has 0 saturated heterocycles. The van der Waals surface area contributed by atoms with E-state index in [1.54, 1.807) is 18.2 Å². The molecule has 0 aliphatic heterocycles. The largest absolute Gasteiger partial charge is 0.489 e. The predicted molar refractivity (Wildman–Crippen MR) is 89.7 cm³/mol. The SMILES string of the molecule is Nc1nc(-c2ccc(OCc3cccc(C(=O)O)c3)cc2)cs1. The monoisotopic (exact) mass is 326 g/mol. The van der Waals surface area contributed by atoms with Gasteiger partial charge in [-0.05, 0) is 42.0 Å². The van der Waals surface area contributed by atoms with Gasteiger partial charge >= 0.3 is 5.97 Å². The number of aromatic carboxylic acids is 1. The van der Waals surface area contributed by atoms with Crippen LogP contribution in [0, 0.1) is 0 Å². The van der Waals surface area contributed by atoms with Crippen molar-refractivity contribution in [2.45, 2.75) is 6.61 Å². The molecule has 0 fully saturated rings. The van der Waals surface area contributed by atoms with Crippen LogP contribution in [0.3, 0.4) is 0 Å². The van der Waals surface area contributed by atoms with Gasteiger partial charge in [-0.25, -0.2) is 9.78 Å². The van der Waals surface area contributed by atoms with Crippen LogP contribution in [0.4, 0.5) is 5.13 Å². The summed E-state index contributed by atoms with van der Waals surface area (Å²) in [6.07, 6.45) is 0. The van der Waals surface area contributed by atoms with Crippen LogP contribution in [-0.4, -0.2) is 16.1 Å². The summed E-state index contributed by atoms with van der Waals surface area (Å²) in [6, 6.07) is 14.2. The molecule has 0 radical (unpaired) electrons. The zero-order valence-corrected chi connectivity index (χ0v) is 12.9. The molecule has 1 aromatic heterocycles. The highest BCUT2D eigenvalue weighted by atomic mass is 32.1. The van der Waals surface area contributed by atoms with Gasteiger partial charge in [0, 0.05) is 10.9 Å². The Morgan fingerprint density at radius 2 is 2.00 bits per heavy atom. The molecular weight excluding hydrogens is 312 g/mol. The lowest BCUT2D eigenvalue weighted by Crippen LogP contribution is -2.00. The van der Waals surface area contributed by atoms with E-state index in [4.69, 9.17) is 15.6 Å². The lowest BCUT2D eigenvalue weighted by molar-refractivity contribution is 0.0696. The van der Waals surface area contributed by atoms with Crippen LogP contribution in [0.2, 0.25) is 0 Å². The van der Waals surface area contributed by atoms with Crippen molar-refractivity contribution in [3.05, 3.63) is 65.0 Å². The fourth-order valence-electron chi connectivity index (χ4n) is 2.10. The van der Waals surface area contributed by atoms with Gasteiger partial charge in [0.1, 0.15) is 12.4 Å². The minimum Gasteiger partial charge on any atom is -0.489 e. The van der Waals surface area contributed by atoms with E-state index < -0.39 is 5.97 Å². The number of aromatic nitrogens is 1. The van der Waals surface area contributed by atoms with E-state index in [9.17, 15) is 4.79 Å². The number of benzene rings is 2. The number of carbonyl (C=O) groups is 1. The summed E-state index contributed by atoms with van der Waals surface area (Å²) >= 11 is 1.40. The second-order valence-corrected chi connectivity index (χ2v) is 5.78. The van der Waals surface area contributed by atoms with E-state index in [0.717, 1.165) is 16.8 Å². The summed E-state index contributed by atoms with van der Waals surface area (Å²) in [5, 5.41) is 11.4. The second kappa shape index (κ2) is 6.50. The highest BCUT2D eigenvalue weighted by molar-refractivity contribution is 7.13. The Morgan fingerprint density at radius 1 is 1.22 bits per heavy atom. The van der Waals surface area contributed by atoms with Gasteiger partial charge in [-0.15, -0.1) is 11.3 Å². The Bertz CT molecular complexity index is 828. The fourth-order valence-corrected chi connectivity index (χ4v) is 2.68. The van der Waals surface area contributed by atoms with Gasteiger partial charge in [0.15, 0.2) is 5.13 Å². The van der Waals surface area contributed by atoms with Crippen molar-refractivity contribution in [2.24, 2.45) is 0 Å². The Labute approximate surface area is 137 Å². The van der Waals surface area contributed by atoms with Gasteiger partial charge in [0.05, 0.1) is 11.3 Å². The molecule has 5 nitrogen and oxygen atoms in total. The van der Waals surface area contributed by atoms with E-state index in [0.29, 0.717) is 17.5 Å². The van der Waals surface area contributed by atoms with Gasteiger partial charge in [0.25, 0.3) is 0 Å². The second-order valence-electron chi connectivity index (χ2n) is 4.89. The smallest absolute Gasteiger partial charge is 0.335 e. The molecule has 23 heavy (non-hydrogen) atoms. The number of ether oxygens (including phenoxy) is 1. The molecule has 0 aliphatic carbocycles. The minimum absolute atomic E-state index is 0.252. The molecule has 0 atom stereocenters. The molecule has 1 heterocycles. The van der Waals surface area contributed by atoms with Gasteiger partial charge in [-0.2, -0.15) is 0 Å². The van der Waals surface area contributed by atoms with Crippen molar-refractivity contribution in [1.82, 2.24) is 4.98 Å². The topological polar surface area (TPSA) is 85.4 Å². The number of hydrogen-bond acceptors (Lipinski definition) is 5. The first-order valence-electron chi connectivity index (χ1n) is 6.88. The third kappa shape index (κ3) is 3.67. The summed E-state index contributed by atoms with van der Waals surface area (Å²) in [5.41, 5.74) is 8.50. The first kappa shape index (κ1) is 15.1. The molecule has 0 spiro atoms. The minimum atomic E-state index is -0.946. The average Bonchev–Trinajstić information content (AvgIpc) is 3.00. The molecule has 6 heteroatoms. The van der Waals surface area contributed by atoms with Crippen LogP contribution >= 0.6 is 11.3 Å². The highest BCUT2D eigenvalue weighted by Crippen LogP contribution is 2.25. The number of anilines is 1. The normalized spacial score (nSPS) is 10.4. The Morgan fingerprint density at radius 3 is 2.65 bits per heavy atom. The molecule has 0 aliphatic rings. The summed E-state index contributed by atoms with van der Waals surface area (Å²) in [6.45, 7) is 0.310. The lowest BCUT2D eigenvalue weighted by Gasteiger charge is -2.07. The third-order valence-electron chi connectivity index (χ3n) is 3.25. The van der Waals surface area contributed by atoms with Crippen LogP contribution in [0.15, 0.2) is 53.9 Å². The average molecular weight is 326 g/mol. The number of hydrogen-bond donors (Lipinski definition) is 2. The zero-order chi connectivity index (χ0) is 16.2. The maximum Gasteiger partial charge on any atom is 0.335 e. The summed E-state index contributed by atoms with van der Waals surface area (Å²) in [7, 11) is 0. The zero-order valence-electron chi connectivity index (χ0n) is 12.1. The first-order valence-corrected chi connectivity index (χ1v) is 7.76. The molecule has 0 amide bonds. The lowest BCUT2D eigenvalue weighted by atomic mass is 10.1. The van der Waals surface area contributed by atoms with Crippen LogP contribution in [0.5, 0.6) is 5.75 Å². The van der Waals surface area contributed by atoms with Gasteiger partial charge < -0.3 is 15.6 Å². The van der Waals surface area contributed by atoms with Gasteiger partial charge in [0.2, 0.25) is 0 Å². The summed E-state index contributed by atoms with van der Waals surface area (Å²) in [5.74, 6) is -0.239. The summed E-state index contributed by atoms with van der Waals surface area (Å²) < 4.78 is 5.69. The van der Waals surface area contributed by atoms with Gasteiger partial charge in [-0.3, -0.25) is 0 Å². The maximum atomic E-state index is 10.9. The molecule has 116 valence electrons. The first-order chi connectivity index (χ1) is 11.1. The molecule has 3 aromatic rings. The van der Waals surface area contributed by atoms with E-state index in [1.807, 2.05) is 35.7 Å². The number of nitrogen functional groups attached to an aromatic ring is 1. The van der Waals surface area contributed by atoms with Gasteiger partial charge in [-0.1, -0.05) is 12.1 Å². The Kier molecular flexibility index (Phi) is 4.25. The Hall–Kier alpha value is -2.86. The van der Waals surface area contributed by atoms with E-state index in [2.05, 4.69) is 4.98 Å². The van der Waals surface area contributed by atoms with E-state index in [1.165, 1.54) is 11.3 Å². The highest BCUT2D eigenvalue weighted by Gasteiger charge is 2.05. The molecule has 0 saturated carbocycles. The number of carboxylic acids is 1. The predicted octanol–water partition coefficient (Wildman–Crippen LogP) is 3.67. The van der Waals surface area contributed by atoms with Crippen LogP contribution in [0.1, 0.15) is 15.9 Å². The number of rotatable bonds is 5. The van der Waals surface area contributed by atoms with Crippen LogP contribution in [0.25, 0.3) is 11.3 Å². The van der Waals surface area contributed by atoms with Crippen molar-refractivity contribution >= 4 is 22.4 Å². The Balaban J connectivity index is 1.67. The van der Waals surface area contributed by atoms with Crippen LogP contribution < -0.4 is 10.5 Å². The van der Waals surface area contributed by atoms with E-state index in [-0.39, 0.29) is 5.56 Å². The molecule has 0 unspecified atom stereocenters. The van der Waals surface area contributed by atoms with Crippen molar-refractivity contribution < 1.29 is 14.6 Å². The number of nitrogens with zero attached hydrogens (tertiary/aromatic N) is 1. The molecule has 3 rings (SSSR count). The summed E-state index contributed by atoms with van der Waals surface area (Å²) in [4.78, 5) is 15.2. The number of nitrogens with two attached hydrogens (primary N) is 1. The molecule has 0 bridgehead atoms. The maximum absolute atomic E-state index is 10.9. The van der Waals surface area contributed by atoms with Crippen molar-refractivity contribution in [3.63, 3.8) is 0 Å². The quantitative estimate of drug-likeness (QED) is 0.747. The van der Waals surface area contributed by atoms with Crippen molar-refractivity contribution in [3.8, 4) is 17.0 Å². The van der Waals surface area contributed by atoms with E-state index >= 15 is 0 Å². The molecule has 2 aromatic carbocycles. The number of thiazole rings is 1. The fraction of sp³-hybridized carbons (Fsp3) is 0.0588.